The van der Waals surface area contributed by atoms with Crippen molar-refractivity contribution >= 4 is 23.0 Å². The highest BCUT2D eigenvalue weighted by Gasteiger charge is 2.22. The minimum atomic E-state index is -1.29. The Bertz CT molecular complexity index is 1660. The van der Waals surface area contributed by atoms with E-state index in [9.17, 15) is 14.7 Å². The summed E-state index contributed by atoms with van der Waals surface area (Å²) in [6.07, 6.45) is 0.648. The number of carbonyl (C=O) groups is 2. The molecule has 1 atom stereocenters. The molecule has 0 bridgehead atoms. The SMILES string of the molecule is Cc1ccc(C[C@@H](CNC(=O)c2ccno2)n2c(=NC(=O)O)n(Cc3ccc(C)cc3)c3ccccc32)cc1. The van der Waals surface area contributed by atoms with Gasteiger partial charge in [0.1, 0.15) is 0 Å². The number of fused-ring (bicyclic) bond motifs is 1. The first-order valence-corrected chi connectivity index (χ1v) is 12.7. The Morgan fingerprint density at radius 2 is 1.56 bits per heavy atom. The van der Waals surface area contributed by atoms with E-state index in [2.05, 4.69) is 15.5 Å². The fourth-order valence-corrected chi connectivity index (χ4v) is 4.71. The van der Waals surface area contributed by atoms with E-state index in [0.717, 1.165) is 33.3 Å². The van der Waals surface area contributed by atoms with E-state index in [1.54, 1.807) is 0 Å². The van der Waals surface area contributed by atoms with Crippen LogP contribution in [0.3, 0.4) is 0 Å². The zero-order valence-corrected chi connectivity index (χ0v) is 21.7. The number of nitrogens with zero attached hydrogens (tertiary/aromatic N) is 4. The van der Waals surface area contributed by atoms with Crippen molar-refractivity contribution in [2.75, 3.05) is 6.54 Å². The summed E-state index contributed by atoms with van der Waals surface area (Å²) >= 11 is 0. The van der Waals surface area contributed by atoms with E-state index in [0.29, 0.717) is 13.0 Å². The van der Waals surface area contributed by atoms with Gasteiger partial charge in [0.15, 0.2) is 0 Å². The molecule has 3 aromatic carbocycles. The van der Waals surface area contributed by atoms with Crippen molar-refractivity contribution in [3.05, 3.63) is 119 Å². The van der Waals surface area contributed by atoms with Crippen LogP contribution in [0.25, 0.3) is 11.0 Å². The molecule has 2 amide bonds. The molecule has 0 radical (unpaired) electrons. The number of para-hydroxylation sites is 2. The van der Waals surface area contributed by atoms with E-state index < -0.39 is 12.0 Å². The van der Waals surface area contributed by atoms with Crippen LogP contribution < -0.4 is 10.9 Å². The highest BCUT2D eigenvalue weighted by atomic mass is 16.5. The Hall–Kier alpha value is -4.92. The van der Waals surface area contributed by atoms with Crippen LogP contribution in [-0.2, 0) is 13.0 Å². The second kappa shape index (κ2) is 11.2. The van der Waals surface area contributed by atoms with Gasteiger partial charge < -0.3 is 24.1 Å². The third-order valence-corrected chi connectivity index (χ3v) is 6.66. The number of imidazole rings is 1. The first-order valence-electron chi connectivity index (χ1n) is 12.7. The first-order chi connectivity index (χ1) is 18.9. The molecule has 0 fully saturated rings. The summed E-state index contributed by atoms with van der Waals surface area (Å²) in [6, 6.07) is 25.1. The third kappa shape index (κ3) is 5.82. The highest BCUT2D eigenvalue weighted by molar-refractivity contribution is 5.91. The monoisotopic (exact) mass is 523 g/mol. The van der Waals surface area contributed by atoms with Gasteiger partial charge in [-0.1, -0.05) is 76.9 Å². The molecule has 0 unspecified atom stereocenters. The molecule has 0 aliphatic heterocycles. The molecule has 9 nitrogen and oxygen atoms in total. The van der Waals surface area contributed by atoms with Gasteiger partial charge in [0.05, 0.1) is 29.8 Å². The second-order valence-corrected chi connectivity index (χ2v) is 9.56. The summed E-state index contributed by atoms with van der Waals surface area (Å²) in [6.45, 7) is 4.69. The summed E-state index contributed by atoms with van der Waals surface area (Å²) in [5, 5.41) is 16.4. The Kier molecular flexibility index (Phi) is 7.40. The highest BCUT2D eigenvalue weighted by Crippen LogP contribution is 2.22. The Labute approximate surface area is 225 Å². The molecule has 2 heterocycles. The summed E-state index contributed by atoms with van der Waals surface area (Å²) in [4.78, 5) is 28.8. The van der Waals surface area contributed by atoms with Crippen molar-refractivity contribution < 1.29 is 19.2 Å². The van der Waals surface area contributed by atoms with Crippen LogP contribution >= 0.6 is 0 Å². The molecule has 39 heavy (non-hydrogen) atoms. The van der Waals surface area contributed by atoms with Gasteiger partial charge >= 0.3 is 6.09 Å². The van der Waals surface area contributed by atoms with E-state index >= 15 is 0 Å². The topological polar surface area (TPSA) is 115 Å². The number of aromatic nitrogens is 3. The molecule has 2 aromatic heterocycles. The van der Waals surface area contributed by atoms with Gasteiger partial charge in [-0.25, -0.2) is 4.79 Å². The van der Waals surface area contributed by atoms with Gasteiger partial charge in [-0.05, 0) is 43.5 Å². The van der Waals surface area contributed by atoms with E-state index in [1.165, 1.54) is 12.3 Å². The van der Waals surface area contributed by atoms with Crippen molar-refractivity contribution in [3.8, 4) is 0 Å². The average Bonchev–Trinajstić information content (AvgIpc) is 3.56. The fraction of sp³-hybridized carbons (Fsp3) is 0.200. The van der Waals surface area contributed by atoms with Crippen LogP contribution in [0, 0.1) is 13.8 Å². The Morgan fingerprint density at radius 3 is 2.18 bits per heavy atom. The number of hydrogen-bond acceptors (Lipinski definition) is 4. The molecular formula is C30H29N5O4. The predicted molar refractivity (Wildman–Crippen MR) is 147 cm³/mol. The maximum atomic E-state index is 12.8. The van der Waals surface area contributed by atoms with Crippen LogP contribution in [0.2, 0.25) is 0 Å². The van der Waals surface area contributed by atoms with Gasteiger partial charge in [0.25, 0.3) is 5.91 Å². The smallest absolute Gasteiger partial charge is 0.434 e. The quantitative estimate of drug-likeness (QED) is 0.301. The van der Waals surface area contributed by atoms with Gasteiger partial charge in [-0.15, -0.1) is 4.99 Å². The number of hydrogen-bond donors (Lipinski definition) is 2. The normalized spacial score (nSPS) is 12.5. The Morgan fingerprint density at radius 1 is 0.923 bits per heavy atom. The van der Waals surface area contributed by atoms with E-state index in [1.807, 2.05) is 95.8 Å². The first kappa shape index (κ1) is 25.7. The molecule has 2 N–H and O–H groups in total. The molecule has 5 aromatic rings. The van der Waals surface area contributed by atoms with Crippen molar-refractivity contribution in [2.45, 2.75) is 32.9 Å². The van der Waals surface area contributed by atoms with Crippen LogP contribution in [0.15, 0.2) is 94.6 Å². The van der Waals surface area contributed by atoms with Crippen molar-refractivity contribution in [2.24, 2.45) is 4.99 Å². The fourth-order valence-electron chi connectivity index (χ4n) is 4.71. The minimum absolute atomic E-state index is 0.103. The predicted octanol–water partition coefficient (Wildman–Crippen LogP) is 4.89. The molecule has 198 valence electrons. The lowest BCUT2D eigenvalue weighted by Gasteiger charge is -2.21. The number of amides is 2. The minimum Gasteiger partial charge on any atom is -0.463 e. The van der Waals surface area contributed by atoms with Crippen molar-refractivity contribution in [1.29, 1.82) is 0 Å². The van der Waals surface area contributed by atoms with Crippen molar-refractivity contribution in [1.82, 2.24) is 19.6 Å². The maximum Gasteiger partial charge on any atom is 0.434 e. The summed E-state index contributed by atoms with van der Waals surface area (Å²) in [7, 11) is 0. The number of nitrogens with one attached hydrogen (secondary N) is 1. The third-order valence-electron chi connectivity index (χ3n) is 6.66. The lowest BCUT2D eigenvalue weighted by atomic mass is 10.0. The molecule has 0 saturated heterocycles. The van der Waals surface area contributed by atoms with Gasteiger partial charge in [-0.3, -0.25) is 4.79 Å². The lowest BCUT2D eigenvalue weighted by Crippen LogP contribution is -2.37. The second-order valence-electron chi connectivity index (χ2n) is 9.56. The van der Waals surface area contributed by atoms with Crippen LogP contribution in [0.5, 0.6) is 0 Å². The largest absolute Gasteiger partial charge is 0.463 e. The van der Waals surface area contributed by atoms with Gasteiger partial charge in [0.2, 0.25) is 11.4 Å². The van der Waals surface area contributed by atoms with Gasteiger partial charge in [0, 0.05) is 12.6 Å². The van der Waals surface area contributed by atoms with Crippen LogP contribution in [0.1, 0.15) is 38.9 Å². The number of aryl methyl sites for hydroxylation is 2. The zero-order valence-electron chi connectivity index (χ0n) is 21.7. The lowest BCUT2D eigenvalue weighted by molar-refractivity contribution is 0.0910. The molecule has 0 saturated carbocycles. The molecular weight excluding hydrogens is 494 g/mol. The number of carbonyl (C=O) groups excluding carboxylic acids is 1. The molecule has 5 rings (SSSR count). The van der Waals surface area contributed by atoms with Crippen LogP contribution in [-0.4, -0.2) is 37.9 Å². The van der Waals surface area contributed by atoms with Crippen LogP contribution in [0.4, 0.5) is 4.79 Å². The molecule has 0 spiro atoms. The number of carboxylic acid groups (broad SMARTS) is 1. The number of benzene rings is 3. The van der Waals surface area contributed by atoms with E-state index in [4.69, 9.17) is 4.52 Å². The average molecular weight is 524 g/mol. The molecule has 0 aliphatic carbocycles. The summed E-state index contributed by atoms with van der Waals surface area (Å²) < 4.78 is 8.85. The van der Waals surface area contributed by atoms with E-state index in [-0.39, 0.29) is 24.0 Å². The zero-order chi connectivity index (χ0) is 27.4. The Balaban J connectivity index is 1.64. The van der Waals surface area contributed by atoms with Crippen molar-refractivity contribution in [3.63, 3.8) is 0 Å². The molecule has 9 heteroatoms. The summed E-state index contributed by atoms with van der Waals surface area (Å²) in [5.41, 5.74) is 6.28. The maximum absolute atomic E-state index is 12.8. The summed E-state index contributed by atoms with van der Waals surface area (Å²) in [5.74, 6) is -0.298. The molecule has 0 aliphatic rings. The standard InChI is InChI=1S/C30H29N5O4/c1-20-7-11-22(12-8-20)17-24(18-31-28(36)27-15-16-32-39-27)35-26-6-4-3-5-25(26)34(29(35)33-30(37)38)19-23-13-9-21(2)10-14-23/h3-16,24H,17-19H2,1-2H3,(H,31,36)(H,37,38)/t24-/m0/s1. The van der Waals surface area contributed by atoms with Gasteiger partial charge in [-0.2, -0.15) is 0 Å². The number of rotatable bonds is 8.